The number of benzene rings is 3. The molecule has 1 saturated heterocycles. The fourth-order valence-corrected chi connectivity index (χ4v) is 4.44. The molecule has 0 aliphatic carbocycles. The highest BCUT2D eigenvalue weighted by molar-refractivity contribution is 7.89. The first-order chi connectivity index (χ1) is 15.7. The first kappa shape index (κ1) is 22.5. The molecule has 1 unspecified atom stereocenters. The van der Waals surface area contributed by atoms with Crippen LogP contribution in [-0.2, 0) is 19.6 Å². The van der Waals surface area contributed by atoms with Crippen LogP contribution in [0.3, 0.4) is 0 Å². The predicted octanol–water partition coefficient (Wildman–Crippen LogP) is 2.09. The lowest BCUT2D eigenvalue weighted by Crippen LogP contribution is -2.41. The number of nitrogens with zero attached hydrogens (tertiary/aromatic N) is 1. The number of primary sulfonamides is 1. The molecule has 4 rings (SSSR count). The van der Waals surface area contributed by atoms with Crippen LogP contribution in [0.1, 0.15) is 5.56 Å². The van der Waals surface area contributed by atoms with E-state index in [2.05, 4.69) is 5.32 Å². The van der Waals surface area contributed by atoms with Crippen LogP contribution in [0.25, 0.3) is 11.1 Å². The first-order valence-electron chi connectivity index (χ1n) is 10.1. The Morgan fingerprint density at radius 1 is 1.06 bits per heavy atom. The monoisotopic (exact) mass is 465 g/mol. The number of nitrogen functional groups attached to an aromatic ring is 1. The lowest BCUT2D eigenvalue weighted by atomic mass is 10.1. The van der Waals surface area contributed by atoms with Crippen LogP contribution in [0.5, 0.6) is 0 Å². The predicted molar refractivity (Wildman–Crippen MR) is 126 cm³/mol. The second kappa shape index (κ2) is 9.02. The van der Waals surface area contributed by atoms with Crippen LogP contribution in [0.4, 0.5) is 11.4 Å². The zero-order valence-electron chi connectivity index (χ0n) is 17.6. The Hall–Kier alpha value is -3.73. The molecule has 0 aromatic heterocycles. The number of nitrogens with one attached hydrogen (secondary N) is 2. The van der Waals surface area contributed by atoms with Crippen molar-refractivity contribution in [1.82, 2.24) is 0 Å². The highest BCUT2D eigenvalue weighted by atomic mass is 32.2. The van der Waals surface area contributed by atoms with E-state index < -0.39 is 16.1 Å². The Kier molecular flexibility index (Phi) is 6.14. The maximum Gasteiger partial charge on any atom is 0.249 e. The molecule has 1 heterocycles. The quantitative estimate of drug-likeness (QED) is 0.323. The standard InChI is InChI=1S/C23H23N5O4S/c24-22(25)16-4-3-5-18(12-16)28-14-32-13-20(28)23(29)27-17-10-8-15(9-11-17)19-6-1-2-7-21(19)33(26,30)31/h1-12,20H,13-14H2,(H3,24,25)(H,27,29)(H2,26,30,31). The zero-order valence-corrected chi connectivity index (χ0v) is 18.4. The summed E-state index contributed by atoms with van der Waals surface area (Å²) in [7, 11) is -3.87. The van der Waals surface area contributed by atoms with Gasteiger partial charge < -0.3 is 20.7 Å². The molecule has 6 N–H and O–H groups in total. The summed E-state index contributed by atoms with van der Waals surface area (Å²) in [6.45, 7) is 0.457. The van der Waals surface area contributed by atoms with Crippen molar-refractivity contribution in [2.75, 3.05) is 23.6 Å². The Morgan fingerprint density at radius 3 is 2.48 bits per heavy atom. The molecule has 10 heteroatoms. The third-order valence-electron chi connectivity index (χ3n) is 5.33. The van der Waals surface area contributed by atoms with Crippen molar-refractivity contribution in [2.24, 2.45) is 10.9 Å². The Morgan fingerprint density at radius 2 is 1.79 bits per heavy atom. The molecule has 0 saturated carbocycles. The minimum Gasteiger partial charge on any atom is -0.384 e. The molecule has 0 radical (unpaired) electrons. The molecule has 3 aromatic rings. The third kappa shape index (κ3) is 4.87. The fourth-order valence-electron chi connectivity index (χ4n) is 3.68. The van der Waals surface area contributed by atoms with E-state index in [1.165, 1.54) is 6.07 Å². The summed E-state index contributed by atoms with van der Waals surface area (Å²) in [6, 6.07) is 19.8. The van der Waals surface area contributed by atoms with Crippen LogP contribution in [0, 0.1) is 5.41 Å². The summed E-state index contributed by atoms with van der Waals surface area (Å²) in [6.07, 6.45) is 0. The van der Waals surface area contributed by atoms with Crippen LogP contribution in [0.2, 0.25) is 0 Å². The molecule has 1 aliphatic rings. The Bertz CT molecular complexity index is 1310. The molecule has 0 bridgehead atoms. The molecular weight excluding hydrogens is 442 g/mol. The van der Waals surface area contributed by atoms with Gasteiger partial charge in [-0.15, -0.1) is 0 Å². The molecule has 33 heavy (non-hydrogen) atoms. The number of rotatable bonds is 6. The molecule has 9 nitrogen and oxygen atoms in total. The lowest BCUT2D eigenvalue weighted by molar-refractivity contribution is -0.117. The van der Waals surface area contributed by atoms with Gasteiger partial charge in [-0.3, -0.25) is 10.2 Å². The smallest absolute Gasteiger partial charge is 0.249 e. The number of nitrogens with two attached hydrogens (primary N) is 2. The van der Waals surface area contributed by atoms with E-state index in [0.29, 0.717) is 22.4 Å². The van der Waals surface area contributed by atoms with E-state index >= 15 is 0 Å². The molecule has 1 fully saturated rings. The summed E-state index contributed by atoms with van der Waals surface area (Å²) < 4.78 is 29.3. The molecule has 170 valence electrons. The molecule has 3 aromatic carbocycles. The number of ether oxygens (including phenoxy) is 1. The van der Waals surface area contributed by atoms with Gasteiger partial charge in [0.15, 0.2) is 0 Å². The summed E-state index contributed by atoms with van der Waals surface area (Å²) in [5, 5.41) is 15.8. The highest BCUT2D eigenvalue weighted by Gasteiger charge is 2.32. The van der Waals surface area contributed by atoms with Crippen LogP contribution < -0.4 is 21.1 Å². The Balaban J connectivity index is 1.52. The van der Waals surface area contributed by atoms with Gasteiger partial charge in [0.05, 0.1) is 11.5 Å². The summed E-state index contributed by atoms with van der Waals surface area (Å²) >= 11 is 0. The number of hydrogen-bond acceptors (Lipinski definition) is 6. The van der Waals surface area contributed by atoms with Gasteiger partial charge in [0, 0.05) is 22.5 Å². The number of anilines is 2. The Labute approximate surface area is 191 Å². The average molecular weight is 466 g/mol. The van der Waals surface area contributed by atoms with Crippen molar-refractivity contribution in [1.29, 1.82) is 5.41 Å². The summed E-state index contributed by atoms with van der Waals surface area (Å²) in [5.41, 5.74) is 8.57. The average Bonchev–Trinajstić information content (AvgIpc) is 3.29. The fraction of sp³-hybridized carbons (Fsp3) is 0.130. The first-order valence-corrected chi connectivity index (χ1v) is 11.6. The minimum atomic E-state index is -3.87. The zero-order chi connectivity index (χ0) is 23.6. The molecule has 1 aliphatic heterocycles. The van der Waals surface area contributed by atoms with E-state index in [9.17, 15) is 13.2 Å². The largest absolute Gasteiger partial charge is 0.384 e. The molecule has 1 amide bonds. The normalized spacial score (nSPS) is 15.9. The maximum absolute atomic E-state index is 13.0. The maximum atomic E-state index is 13.0. The van der Waals surface area contributed by atoms with Gasteiger partial charge in [-0.25, -0.2) is 13.6 Å². The van der Waals surface area contributed by atoms with Crippen molar-refractivity contribution in [3.05, 3.63) is 78.4 Å². The van der Waals surface area contributed by atoms with E-state index in [0.717, 1.165) is 5.69 Å². The van der Waals surface area contributed by atoms with Gasteiger partial charge in [-0.05, 0) is 35.9 Å². The lowest BCUT2D eigenvalue weighted by Gasteiger charge is -2.24. The highest BCUT2D eigenvalue weighted by Crippen LogP contribution is 2.28. The number of carbonyl (C=O) groups excluding carboxylic acids is 1. The van der Waals surface area contributed by atoms with Gasteiger partial charge in [0.25, 0.3) is 0 Å². The number of hydrogen-bond donors (Lipinski definition) is 4. The second-order valence-corrected chi connectivity index (χ2v) is 9.09. The van der Waals surface area contributed by atoms with E-state index in [1.807, 2.05) is 6.07 Å². The number of sulfonamides is 1. The summed E-state index contributed by atoms with van der Waals surface area (Å²) in [4.78, 5) is 14.8. The van der Waals surface area contributed by atoms with Crippen molar-refractivity contribution in [3.63, 3.8) is 0 Å². The van der Waals surface area contributed by atoms with E-state index in [4.69, 9.17) is 21.0 Å². The molecular formula is C23H23N5O4S. The van der Waals surface area contributed by atoms with Crippen molar-refractivity contribution >= 4 is 33.1 Å². The van der Waals surface area contributed by atoms with Gasteiger partial charge in [-0.1, -0.05) is 42.5 Å². The second-order valence-electron chi connectivity index (χ2n) is 7.56. The summed E-state index contributed by atoms with van der Waals surface area (Å²) in [5.74, 6) is -0.305. The van der Waals surface area contributed by atoms with E-state index in [-0.39, 0.29) is 30.0 Å². The van der Waals surface area contributed by atoms with Gasteiger partial charge in [0.1, 0.15) is 18.6 Å². The van der Waals surface area contributed by atoms with Crippen LogP contribution >= 0.6 is 0 Å². The van der Waals surface area contributed by atoms with Crippen molar-refractivity contribution in [2.45, 2.75) is 10.9 Å². The topological polar surface area (TPSA) is 152 Å². The van der Waals surface area contributed by atoms with Crippen LogP contribution in [-0.4, -0.2) is 39.5 Å². The number of amides is 1. The molecule has 0 spiro atoms. The number of amidine groups is 1. The van der Waals surface area contributed by atoms with E-state index in [1.54, 1.807) is 65.6 Å². The molecule has 1 atom stereocenters. The third-order valence-corrected chi connectivity index (χ3v) is 6.30. The van der Waals surface area contributed by atoms with Gasteiger partial charge >= 0.3 is 0 Å². The van der Waals surface area contributed by atoms with Crippen LogP contribution in [0.15, 0.2) is 77.7 Å². The minimum absolute atomic E-state index is 0.0355. The van der Waals surface area contributed by atoms with Gasteiger partial charge in [-0.2, -0.15) is 0 Å². The van der Waals surface area contributed by atoms with Crippen molar-refractivity contribution in [3.8, 4) is 11.1 Å². The number of carbonyl (C=O) groups is 1. The van der Waals surface area contributed by atoms with Crippen molar-refractivity contribution < 1.29 is 17.9 Å². The van der Waals surface area contributed by atoms with Gasteiger partial charge in [0.2, 0.25) is 15.9 Å². The SMILES string of the molecule is N=C(N)c1cccc(N2COCC2C(=O)Nc2ccc(-c3ccccc3S(N)(=O)=O)cc2)c1.